The van der Waals surface area contributed by atoms with Crippen LogP contribution in [0.2, 0.25) is 0 Å². The first-order valence-electron chi connectivity index (χ1n) is 5.51. The van der Waals surface area contributed by atoms with Crippen LogP contribution in [0.3, 0.4) is 0 Å². The molecule has 1 heterocycles. The largest absolute Gasteiger partial charge is 0.328 e. The Morgan fingerprint density at radius 3 is 2.87 bits per heavy atom. The quantitative estimate of drug-likeness (QED) is 0.800. The van der Waals surface area contributed by atoms with Crippen LogP contribution in [-0.4, -0.2) is 22.0 Å². The third kappa shape index (κ3) is 2.20. The van der Waals surface area contributed by atoms with E-state index in [9.17, 15) is 4.39 Å². The summed E-state index contributed by atoms with van der Waals surface area (Å²) in [5.74, 6) is 0.204. The molecule has 84 valence electrons. The van der Waals surface area contributed by atoms with Gasteiger partial charge in [0.2, 0.25) is 0 Å². The van der Waals surface area contributed by atoms with Crippen LogP contribution in [0.4, 0.5) is 4.39 Å². The van der Waals surface area contributed by atoms with Crippen LogP contribution in [0.1, 0.15) is 25.0 Å². The Labute approximate surface area is 89.5 Å². The zero-order valence-corrected chi connectivity index (χ0v) is 9.12. The Bertz CT molecular complexity index is 332. The predicted octanol–water partition coefficient (Wildman–Crippen LogP) is 1.43. The third-order valence-corrected chi connectivity index (χ3v) is 3.37. The number of aromatic nitrogens is 2. The summed E-state index contributed by atoms with van der Waals surface area (Å²) in [5, 5.41) is 4.07. The lowest BCUT2D eigenvalue weighted by Gasteiger charge is -2.23. The Balaban J connectivity index is 1.94. The summed E-state index contributed by atoms with van der Waals surface area (Å²) in [6, 6.07) is 1.93. The molecule has 15 heavy (non-hydrogen) atoms. The van der Waals surface area contributed by atoms with Gasteiger partial charge in [-0.15, -0.1) is 0 Å². The molecule has 0 radical (unpaired) electrons. The summed E-state index contributed by atoms with van der Waals surface area (Å²) in [6.07, 6.45) is 4.99. The second-order valence-corrected chi connectivity index (χ2v) is 4.46. The molecule has 1 aliphatic carbocycles. The number of nitrogens with zero attached hydrogens (tertiary/aromatic N) is 2. The van der Waals surface area contributed by atoms with E-state index in [1.165, 1.54) is 0 Å². The first kappa shape index (κ1) is 10.6. The van der Waals surface area contributed by atoms with Gasteiger partial charge >= 0.3 is 0 Å². The van der Waals surface area contributed by atoms with Gasteiger partial charge in [0.1, 0.15) is 5.67 Å². The predicted molar refractivity (Wildman–Crippen MR) is 57.1 cm³/mol. The number of aryl methyl sites for hydroxylation is 2. The Kier molecular flexibility index (Phi) is 2.78. The molecule has 1 fully saturated rings. The topological polar surface area (TPSA) is 43.8 Å². The van der Waals surface area contributed by atoms with E-state index in [0.29, 0.717) is 6.42 Å². The average Bonchev–Trinajstić information content (AvgIpc) is 3.01. The van der Waals surface area contributed by atoms with Crippen molar-refractivity contribution < 1.29 is 4.39 Å². The fourth-order valence-corrected chi connectivity index (χ4v) is 2.06. The fourth-order valence-electron chi connectivity index (χ4n) is 2.06. The van der Waals surface area contributed by atoms with E-state index in [2.05, 4.69) is 5.10 Å². The molecular formula is C11H18FN3. The van der Waals surface area contributed by atoms with Crippen molar-refractivity contribution >= 4 is 0 Å². The van der Waals surface area contributed by atoms with Crippen molar-refractivity contribution in [2.75, 3.05) is 6.54 Å². The van der Waals surface area contributed by atoms with Crippen LogP contribution in [0, 0.1) is 5.92 Å². The van der Waals surface area contributed by atoms with Crippen molar-refractivity contribution in [2.24, 2.45) is 18.7 Å². The molecule has 1 aliphatic rings. The van der Waals surface area contributed by atoms with Crippen molar-refractivity contribution in [3.63, 3.8) is 0 Å². The van der Waals surface area contributed by atoms with Crippen LogP contribution in [0.25, 0.3) is 0 Å². The summed E-state index contributed by atoms with van der Waals surface area (Å²) in [7, 11) is 1.88. The molecule has 2 N–H and O–H groups in total. The zero-order valence-electron chi connectivity index (χ0n) is 9.12. The van der Waals surface area contributed by atoms with Crippen molar-refractivity contribution in [1.82, 2.24) is 9.78 Å². The molecular weight excluding hydrogens is 193 g/mol. The molecule has 0 aliphatic heterocycles. The molecule has 0 aromatic carbocycles. The lowest BCUT2D eigenvalue weighted by Crippen LogP contribution is -2.36. The van der Waals surface area contributed by atoms with Crippen molar-refractivity contribution in [3.05, 3.63) is 18.0 Å². The lowest BCUT2D eigenvalue weighted by molar-refractivity contribution is 0.129. The molecule has 1 aromatic heterocycles. The monoisotopic (exact) mass is 211 g/mol. The number of nitrogens with two attached hydrogens (primary N) is 1. The van der Waals surface area contributed by atoms with Crippen LogP contribution in [0.15, 0.2) is 12.3 Å². The van der Waals surface area contributed by atoms with Gasteiger partial charge < -0.3 is 5.73 Å². The smallest absolute Gasteiger partial charge is 0.126 e. The zero-order chi connectivity index (χ0) is 10.9. The molecule has 1 saturated carbocycles. The third-order valence-electron chi connectivity index (χ3n) is 3.37. The van der Waals surface area contributed by atoms with Gasteiger partial charge in [-0.05, 0) is 37.7 Å². The van der Waals surface area contributed by atoms with Crippen LogP contribution >= 0.6 is 0 Å². The summed E-state index contributed by atoms with van der Waals surface area (Å²) in [5.41, 5.74) is 5.45. The second-order valence-electron chi connectivity index (χ2n) is 4.46. The average molecular weight is 211 g/mol. The van der Waals surface area contributed by atoms with Gasteiger partial charge in [0.05, 0.1) is 0 Å². The van der Waals surface area contributed by atoms with E-state index in [1.54, 1.807) is 10.9 Å². The van der Waals surface area contributed by atoms with Crippen LogP contribution in [0.5, 0.6) is 0 Å². The first-order chi connectivity index (χ1) is 7.15. The van der Waals surface area contributed by atoms with E-state index in [1.807, 2.05) is 13.1 Å². The van der Waals surface area contributed by atoms with E-state index in [0.717, 1.165) is 25.0 Å². The first-order valence-corrected chi connectivity index (χ1v) is 5.51. The highest BCUT2D eigenvalue weighted by Gasteiger charge is 2.44. The molecule has 3 nitrogen and oxygen atoms in total. The maximum atomic E-state index is 14.3. The lowest BCUT2D eigenvalue weighted by atomic mass is 9.93. The summed E-state index contributed by atoms with van der Waals surface area (Å²) in [6.45, 7) is 0.148. The van der Waals surface area contributed by atoms with Gasteiger partial charge in [-0.3, -0.25) is 4.68 Å². The molecule has 1 unspecified atom stereocenters. The maximum absolute atomic E-state index is 14.3. The minimum absolute atomic E-state index is 0.148. The standard InChI is InChI=1S/C11H18FN3/c1-15-10(5-7-14-15)4-6-11(12,8-13)9-2-3-9/h5,7,9H,2-4,6,8,13H2,1H3. The Morgan fingerprint density at radius 1 is 1.67 bits per heavy atom. The van der Waals surface area contributed by atoms with Crippen molar-refractivity contribution in [3.8, 4) is 0 Å². The summed E-state index contributed by atoms with van der Waals surface area (Å²) in [4.78, 5) is 0. The van der Waals surface area contributed by atoms with E-state index in [-0.39, 0.29) is 12.5 Å². The second kappa shape index (κ2) is 3.93. The molecule has 1 atom stereocenters. The van der Waals surface area contributed by atoms with Gasteiger partial charge in [0, 0.05) is 25.5 Å². The Hall–Kier alpha value is -0.900. The molecule has 1 aromatic rings. The van der Waals surface area contributed by atoms with Gasteiger partial charge in [-0.2, -0.15) is 5.10 Å². The molecule has 4 heteroatoms. The highest BCUT2D eigenvalue weighted by atomic mass is 19.1. The highest BCUT2D eigenvalue weighted by molar-refractivity contribution is 5.04. The summed E-state index contributed by atoms with van der Waals surface area (Å²) < 4.78 is 16.1. The molecule has 2 rings (SSSR count). The van der Waals surface area contributed by atoms with Gasteiger partial charge in [-0.1, -0.05) is 0 Å². The molecule has 0 spiro atoms. The van der Waals surface area contributed by atoms with Gasteiger partial charge in [-0.25, -0.2) is 4.39 Å². The van der Waals surface area contributed by atoms with E-state index >= 15 is 0 Å². The van der Waals surface area contributed by atoms with Gasteiger partial charge in [0.25, 0.3) is 0 Å². The highest BCUT2D eigenvalue weighted by Crippen LogP contribution is 2.44. The van der Waals surface area contributed by atoms with E-state index < -0.39 is 5.67 Å². The molecule has 0 bridgehead atoms. The van der Waals surface area contributed by atoms with Crippen LogP contribution in [-0.2, 0) is 13.5 Å². The fraction of sp³-hybridized carbons (Fsp3) is 0.727. The van der Waals surface area contributed by atoms with E-state index in [4.69, 9.17) is 5.73 Å². The number of hydrogen-bond acceptors (Lipinski definition) is 2. The Morgan fingerprint density at radius 2 is 2.40 bits per heavy atom. The van der Waals surface area contributed by atoms with Crippen LogP contribution < -0.4 is 5.73 Å². The number of halogens is 1. The minimum atomic E-state index is -1.15. The number of alkyl halides is 1. The van der Waals surface area contributed by atoms with Gasteiger partial charge in [0.15, 0.2) is 0 Å². The van der Waals surface area contributed by atoms with Crippen molar-refractivity contribution in [2.45, 2.75) is 31.4 Å². The normalized spacial score (nSPS) is 20.2. The maximum Gasteiger partial charge on any atom is 0.126 e. The SMILES string of the molecule is Cn1nccc1CCC(F)(CN)C1CC1. The summed E-state index contributed by atoms with van der Waals surface area (Å²) >= 11 is 0. The minimum Gasteiger partial charge on any atom is -0.328 e. The number of rotatable bonds is 5. The van der Waals surface area contributed by atoms with Crippen molar-refractivity contribution in [1.29, 1.82) is 0 Å². The number of hydrogen-bond donors (Lipinski definition) is 1. The molecule has 0 amide bonds. The molecule has 0 saturated heterocycles.